The van der Waals surface area contributed by atoms with Gasteiger partial charge in [-0.1, -0.05) is 53.7 Å². The van der Waals surface area contributed by atoms with Crippen molar-refractivity contribution >= 4 is 17.0 Å². The van der Waals surface area contributed by atoms with Gasteiger partial charge in [-0.2, -0.15) is 4.98 Å². The summed E-state index contributed by atoms with van der Waals surface area (Å²) in [6, 6.07) is 24.8. The van der Waals surface area contributed by atoms with Crippen LogP contribution in [0.3, 0.4) is 0 Å². The molecule has 152 valence electrons. The SMILES string of the molecule is O=C(Cc1ccccc1)NCc1nc(-c2ccc3oc(-c4ccccc4)nc3c2)no1. The summed E-state index contributed by atoms with van der Waals surface area (Å²) in [5, 5.41) is 6.83. The highest BCUT2D eigenvalue weighted by atomic mass is 16.5. The molecule has 5 aromatic rings. The zero-order valence-corrected chi connectivity index (χ0v) is 16.5. The van der Waals surface area contributed by atoms with Crippen molar-refractivity contribution in [3.05, 3.63) is 90.3 Å². The van der Waals surface area contributed by atoms with Crippen LogP contribution in [-0.2, 0) is 17.8 Å². The monoisotopic (exact) mass is 410 g/mol. The number of hydrogen-bond acceptors (Lipinski definition) is 6. The van der Waals surface area contributed by atoms with Crippen LogP contribution >= 0.6 is 0 Å². The Morgan fingerprint density at radius 1 is 0.871 bits per heavy atom. The molecule has 3 aromatic carbocycles. The van der Waals surface area contributed by atoms with Crippen LogP contribution in [0.5, 0.6) is 0 Å². The summed E-state index contributed by atoms with van der Waals surface area (Å²) in [6.07, 6.45) is 0.300. The molecule has 0 aliphatic heterocycles. The van der Waals surface area contributed by atoms with Gasteiger partial charge in [-0.25, -0.2) is 4.98 Å². The maximum absolute atomic E-state index is 12.1. The Labute approximate surface area is 177 Å². The van der Waals surface area contributed by atoms with E-state index in [1.807, 2.05) is 78.9 Å². The summed E-state index contributed by atoms with van der Waals surface area (Å²) in [4.78, 5) is 21.1. The third-order valence-electron chi connectivity index (χ3n) is 4.78. The number of benzene rings is 3. The molecule has 0 aliphatic rings. The van der Waals surface area contributed by atoms with Crippen LogP contribution in [0.4, 0.5) is 0 Å². The largest absolute Gasteiger partial charge is 0.436 e. The Morgan fingerprint density at radius 2 is 1.65 bits per heavy atom. The van der Waals surface area contributed by atoms with Crippen molar-refractivity contribution in [1.82, 2.24) is 20.4 Å². The van der Waals surface area contributed by atoms with Crippen molar-refractivity contribution in [2.75, 3.05) is 0 Å². The maximum atomic E-state index is 12.1. The normalized spacial score (nSPS) is 11.0. The minimum absolute atomic E-state index is 0.108. The van der Waals surface area contributed by atoms with E-state index in [1.165, 1.54) is 0 Å². The first-order valence-corrected chi connectivity index (χ1v) is 9.84. The van der Waals surface area contributed by atoms with Crippen molar-refractivity contribution in [2.45, 2.75) is 13.0 Å². The van der Waals surface area contributed by atoms with Crippen molar-refractivity contribution in [1.29, 1.82) is 0 Å². The zero-order valence-electron chi connectivity index (χ0n) is 16.5. The van der Waals surface area contributed by atoms with Crippen molar-refractivity contribution < 1.29 is 13.7 Å². The molecule has 7 nitrogen and oxygen atoms in total. The third-order valence-corrected chi connectivity index (χ3v) is 4.78. The van der Waals surface area contributed by atoms with E-state index in [1.54, 1.807) is 0 Å². The van der Waals surface area contributed by atoms with E-state index in [2.05, 4.69) is 20.4 Å². The Balaban J connectivity index is 1.28. The number of fused-ring (bicyclic) bond motifs is 1. The van der Waals surface area contributed by atoms with Gasteiger partial charge in [-0.15, -0.1) is 0 Å². The molecule has 0 atom stereocenters. The van der Waals surface area contributed by atoms with Crippen LogP contribution in [0.25, 0.3) is 33.9 Å². The van der Waals surface area contributed by atoms with E-state index in [-0.39, 0.29) is 12.5 Å². The van der Waals surface area contributed by atoms with Gasteiger partial charge >= 0.3 is 0 Å². The molecule has 0 spiro atoms. The van der Waals surface area contributed by atoms with Gasteiger partial charge in [0.15, 0.2) is 5.58 Å². The summed E-state index contributed by atoms with van der Waals surface area (Å²) in [5.74, 6) is 1.21. The van der Waals surface area contributed by atoms with E-state index in [0.717, 1.165) is 16.7 Å². The molecule has 5 rings (SSSR count). The fourth-order valence-electron chi connectivity index (χ4n) is 3.23. The first-order chi connectivity index (χ1) is 15.2. The molecule has 0 radical (unpaired) electrons. The molecule has 0 aliphatic carbocycles. The standard InChI is InChI=1S/C24H18N4O3/c29-21(13-16-7-3-1-4-8-16)25-15-22-27-23(28-31-22)18-11-12-20-19(14-18)26-24(30-20)17-9-5-2-6-10-17/h1-12,14H,13,15H2,(H,25,29). The average molecular weight is 410 g/mol. The fraction of sp³-hybridized carbons (Fsp3) is 0.0833. The first kappa shape index (κ1) is 18.7. The second-order valence-corrected chi connectivity index (χ2v) is 7.02. The lowest BCUT2D eigenvalue weighted by Crippen LogP contribution is -2.24. The van der Waals surface area contributed by atoms with Crippen LogP contribution in [-0.4, -0.2) is 21.0 Å². The molecule has 1 N–H and O–H groups in total. The van der Waals surface area contributed by atoms with Gasteiger partial charge < -0.3 is 14.3 Å². The quantitative estimate of drug-likeness (QED) is 0.446. The van der Waals surface area contributed by atoms with Gasteiger partial charge in [0.2, 0.25) is 23.5 Å². The van der Waals surface area contributed by atoms with E-state index in [0.29, 0.717) is 35.1 Å². The van der Waals surface area contributed by atoms with Gasteiger partial charge in [0.05, 0.1) is 13.0 Å². The van der Waals surface area contributed by atoms with Crippen LogP contribution in [0.1, 0.15) is 11.5 Å². The molecule has 0 saturated carbocycles. The Kier molecular flexibility index (Phi) is 4.98. The van der Waals surface area contributed by atoms with Crippen molar-refractivity contribution in [2.24, 2.45) is 0 Å². The molecule has 2 aromatic heterocycles. The highest BCUT2D eigenvalue weighted by molar-refractivity contribution is 5.81. The highest BCUT2D eigenvalue weighted by Gasteiger charge is 2.13. The van der Waals surface area contributed by atoms with Crippen molar-refractivity contribution in [3.8, 4) is 22.8 Å². The molecular weight excluding hydrogens is 392 g/mol. The molecule has 2 heterocycles. The van der Waals surface area contributed by atoms with Crippen molar-refractivity contribution in [3.63, 3.8) is 0 Å². The van der Waals surface area contributed by atoms with Gasteiger partial charge in [0, 0.05) is 11.1 Å². The minimum Gasteiger partial charge on any atom is -0.436 e. The van der Waals surface area contributed by atoms with Gasteiger partial charge in [-0.3, -0.25) is 4.79 Å². The lowest BCUT2D eigenvalue weighted by Gasteiger charge is -2.02. The number of nitrogens with one attached hydrogen (secondary N) is 1. The minimum atomic E-state index is -0.108. The Bertz CT molecular complexity index is 1330. The summed E-state index contributed by atoms with van der Waals surface area (Å²) in [5.41, 5.74) is 4.00. The fourth-order valence-corrected chi connectivity index (χ4v) is 3.23. The Morgan fingerprint density at radius 3 is 2.45 bits per heavy atom. The molecular formula is C24H18N4O3. The number of carbonyl (C=O) groups excluding carboxylic acids is 1. The molecule has 0 fully saturated rings. The van der Waals surface area contributed by atoms with E-state index < -0.39 is 0 Å². The second kappa shape index (κ2) is 8.23. The number of nitrogens with zero attached hydrogens (tertiary/aromatic N) is 3. The van der Waals surface area contributed by atoms with Crippen LogP contribution < -0.4 is 5.32 Å². The van der Waals surface area contributed by atoms with Crippen LogP contribution in [0, 0.1) is 0 Å². The summed E-state index contributed by atoms with van der Waals surface area (Å²) in [7, 11) is 0. The Hall–Kier alpha value is -4.26. The molecule has 0 bridgehead atoms. The van der Waals surface area contributed by atoms with E-state index in [4.69, 9.17) is 8.94 Å². The number of hydrogen-bond donors (Lipinski definition) is 1. The molecule has 31 heavy (non-hydrogen) atoms. The lowest BCUT2D eigenvalue weighted by molar-refractivity contribution is -0.120. The van der Waals surface area contributed by atoms with Crippen LogP contribution in [0.2, 0.25) is 0 Å². The number of amides is 1. The third kappa shape index (κ3) is 4.20. The molecule has 0 saturated heterocycles. The molecule has 0 unspecified atom stereocenters. The predicted molar refractivity (Wildman–Crippen MR) is 115 cm³/mol. The number of aromatic nitrogens is 3. The summed E-state index contributed by atoms with van der Waals surface area (Å²) >= 11 is 0. The van der Waals surface area contributed by atoms with E-state index >= 15 is 0 Å². The summed E-state index contributed by atoms with van der Waals surface area (Å²) in [6.45, 7) is 0.170. The second-order valence-electron chi connectivity index (χ2n) is 7.02. The lowest BCUT2D eigenvalue weighted by atomic mass is 10.1. The molecule has 7 heteroatoms. The predicted octanol–water partition coefficient (Wildman–Crippen LogP) is 4.40. The summed E-state index contributed by atoms with van der Waals surface area (Å²) < 4.78 is 11.1. The van der Waals surface area contributed by atoms with Gasteiger partial charge in [-0.05, 0) is 35.9 Å². The van der Waals surface area contributed by atoms with Gasteiger partial charge in [0.1, 0.15) is 5.52 Å². The zero-order chi connectivity index (χ0) is 21.0. The van der Waals surface area contributed by atoms with Gasteiger partial charge in [0.25, 0.3) is 0 Å². The number of oxazole rings is 1. The molecule has 1 amide bonds. The topological polar surface area (TPSA) is 94.1 Å². The number of rotatable bonds is 6. The average Bonchev–Trinajstić information content (AvgIpc) is 3.46. The highest BCUT2D eigenvalue weighted by Crippen LogP contribution is 2.27. The van der Waals surface area contributed by atoms with Crippen LogP contribution in [0.15, 0.2) is 87.8 Å². The maximum Gasteiger partial charge on any atom is 0.246 e. The number of carbonyl (C=O) groups is 1. The van der Waals surface area contributed by atoms with E-state index in [9.17, 15) is 4.79 Å². The smallest absolute Gasteiger partial charge is 0.246 e. The first-order valence-electron chi connectivity index (χ1n) is 9.84.